The van der Waals surface area contributed by atoms with E-state index < -0.39 is 17.2 Å². The molecule has 2 aliphatic rings. The molecule has 4 aromatic rings. The van der Waals surface area contributed by atoms with Gasteiger partial charge in [0.05, 0.1) is 28.2 Å². The van der Waals surface area contributed by atoms with Gasteiger partial charge < -0.3 is 24.2 Å². The monoisotopic (exact) mass is 494 g/mol. The summed E-state index contributed by atoms with van der Waals surface area (Å²) in [5.41, 5.74) is 0.670. The number of benzene rings is 2. The molecule has 0 atom stereocenters. The number of rotatable bonds is 5. The molecule has 2 aromatic heterocycles. The number of anilines is 2. The van der Waals surface area contributed by atoms with Crippen LogP contribution in [-0.2, 0) is 0 Å². The Morgan fingerprint density at radius 3 is 2.54 bits per heavy atom. The molecule has 10 heteroatoms. The summed E-state index contributed by atoms with van der Waals surface area (Å²) in [4.78, 5) is 33.4. The van der Waals surface area contributed by atoms with E-state index in [1.165, 1.54) is 19.4 Å². The maximum atomic E-state index is 15.5. The minimum Gasteiger partial charge on any atom is -0.492 e. The van der Waals surface area contributed by atoms with Crippen molar-refractivity contribution in [3.63, 3.8) is 0 Å². The summed E-state index contributed by atoms with van der Waals surface area (Å²) < 4.78 is 24.1. The summed E-state index contributed by atoms with van der Waals surface area (Å²) in [6.07, 6.45) is 3.11. The molecule has 1 saturated carbocycles. The van der Waals surface area contributed by atoms with Crippen molar-refractivity contribution in [2.75, 3.05) is 43.1 Å². The van der Waals surface area contributed by atoms with Gasteiger partial charge in [0.1, 0.15) is 11.3 Å². The van der Waals surface area contributed by atoms with Crippen molar-refractivity contribution in [3.05, 3.63) is 58.1 Å². The number of pyridine rings is 1. The fourth-order valence-electron chi connectivity index (χ4n) is 4.84. The van der Waals surface area contributed by atoms with Crippen molar-refractivity contribution < 1.29 is 19.0 Å². The van der Waals surface area contributed by atoms with Crippen LogP contribution in [-0.4, -0.2) is 53.9 Å². The molecule has 1 aliphatic carbocycles. The van der Waals surface area contributed by atoms with Crippen molar-refractivity contribution >= 4 is 49.2 Å². The molecule has 2 fully saturated rings. The molecule has 0 bridgehead atoms. The Morgan fingerprint density at radius 2 is 1.89 bits per heavy atom. The van der Waals surface area contributed by atoms with E-state index in [4.69, 9.17) is 9.72 Å². The Kier molecular flexibility index (Phi) is 5.14. The third-order valence-corrected chi connectivity index (χ3v) is 7.82. The number of para-hydroxylation sites is 1. The standard InChI is InChI=1S/C25H23FN4O4S/c1-34-23-20-15(22(31)16(24(32)33)13-30(20)14-6-7-14)12-17(26)21(23)28-8-10-29(11-9-28)25-27-18-4-2-3-5-19(18)35-25/h2-5,12-14H,6-11H2,1H3,(H,32,33). The second-order valence-electron chi connectivity index (χ2n) is 8.89. The molecule has 1 saturated heterocycles. The van der Waals surface area contributed by atoms with Crippen LogP contribution in [0.5, 0.6) is 5.75 Å². The molecular weight excluding hydrogens is 471 g/mol. The van der Waals surface area contributed by atoms with Gasteiger partial charge in [-0.15, -0.1) is 0 Å². The quantitative estimate of drug-likeness (QED) is 0.447. The molecule has 3 heterocycles. The number of thiazole rings is 1. The summed E-state index contributed by atoms with van der Waals surface area (Å²) in [6, 6.07) is 9.25. The van der Waals surface area contributed by atoms with Crippen LogP contribution in [0.3, 0.4) is 0 Å². The number of carboxylic acid groups (broad SMARTS) is 1. The number of hydrogen-bond donors (Lipinski definition) is 1. The predicted octanol–water partition coefficient (Wildman–Crippen LogP) is 4.12. The van der Waals surface area contributed by atoms with Gasteiger partial charge in [-0.25, -0.2) is 14.2 Å². The van der Waals surface area contributed by atoms with Crippen LogP contribution in [0.2, 0.25) is 0 Å². The highest BCUT2D eigenvalue weighted by Gasteiger charge is 2.32. The van der Waals surface area contributed by atoms with Crippen molar-refractivity contribution in [1.29, 1.82) is 0 Å². The third-order valence-electron chi connectivity index (χ3n) is 6.72. The first-order valence-electron chi connectivity index (χ1n) is 11.5. The lowest BCUT2D eigenvalue weighted by Crippen LogP contribution is -2.47. The van der Waals surface area contributed by atoms with Crippen molar-refractivity contribution in [3.8, 4) is 5.75 Å². The van der Waals surface area contributed by atoms with Crippen LogP contribution in [0.1, 0.15) is 29.2 Å². The second-order valence-corrected chi connectivity index (χ2v) is 9.90. The summed E-state index contributed by atoms with van der Waals surface area (Å²) >= 11 is 1.64. The van der Waals surface area contributed by atoms with Crippen molar-refractivity contribution in [2.45, 2.75) is 18.9 Å². The number of carbonyl (C=O) groups is 1. The number of methoxy groups -OCH3 is 1. The molecule has 0 unspecified atom stereocenters. The normalized spacial score (nSPS) is 16.3. The Morgan fingerprint density at radius 1 is 1.17 bits per heavy atom. The third kappa shape index (κ3) is 3.59. The first-order valence-corrected chi connectivity index (χ1v) is 12.3. The van der Waals surface area contributed by atoms with Crippen LogP contribution in [0.15, 0.2) is 41.3 Å². The van der Waals surface area contributed by atoms with Gasteiger partial charge in [0.15, 0.2) is 16.7 Å². The average Bonchev–Trinajstić information content (AvgIpc) is 3.61. The largest absolute Gasteiger partial charge is 0.492 e. The lowest BCUT2D eigenvalue weighted by molar-refractivity contribution is 0.0695. The smallest absolute Gasteiger partial charge is 0.341 e. The van der Waals surface area contributed by atoms with E-state index in [1.54, 1.807) is 15.9 Å². The van der Waals surface area contributed by atoms with E-state index in [0.29, 0.717) is 37.4 Å². The van der Waals surface area contributed by atoms with E-state index in [-0.39, 0.29) is 22.7 Å². The Balaban J connectivity index is 1.39. The number of hydrogen-bond acceptors (Lipinski definition) is 7. The highest BCUT2D eigenvalue weighted by Crippen LogP contribution is 2.44. The van der Waals surface area contributed by atoms with E-state index in [2.05, 4.69) is 11.0 Å². The summed E-state index contributed by atoms with van der Waals surface area (Å²) in [7, 11) is 1.46. The highest BCUT2D eigenvalue weighted by molar-refractivity contribution is 7.22. The molecule has 35 heavy (non-hydrogen) atoms. The topological polar surface area (TPSA) is 87.9 Å². The minimum atomic E-state index is -1.32. The molecule has 8 nitrogen and oxygen atoms in total. The first-order chi connectivity index (χ1) is 17.0. The van der Waals surface area contributed by atoms with Gasteiger partial charge in [-0.2, -0.15) is 0 Å². The molecule has 6 rings (SSSR count). The summed E-state index contributed by atoms with van der Waals surface area (Å²) in [5.74, 6) is -1.64. The molecular formula is C25H23FN4O4S. The zero-order valence-electron chi connectivity index (χ0n) is 19.0. The van der Waals surface area contributed by atoms with Gasteiger partial charge >= 0.3 is 5.97 Å². The average molecular weight is 495 g/mol. The van der Waals surface area contributed by atoms with E-state index in [9.17, 15) is 14.7 Å². The number of nitrogens with zero attached hydrogens (tertiary/aromatic N) is 4. The minimum absolute atomic E-state index is 0.0306. The van der Waals surface area contributed by atoms with Crippen molar-refractivity contribution in [2.24, 2.45) is 0 Å². The zero-order valence-corrected chi connectivity index (χ0v) is 19.8. The molecule has 0 amide bonds. The van der Waals surface area contributed by atoms with Gasteiger partial charge in [0.25, 0.3) is 0 Å². The number of halogens is 1. The Bertz CT molecular complexity index is 1500. The van der Waals surface area contributed by atoms with Crippen LogP contribution in [0, 0.1) is 5.82 Å². The van der Waals surface area contributed by atoms with E-state index >= 15 is 4.39 Å². The number of aromatic carboxylic acids is 1. The van der Waals surface area contributed by atoms with E-state index in [1.807, 2.05) is 23.1 Å². The fourth-order valence-corrected chi connectivity index (χ4v) is 5.86. The molecule has 180 valence electrons. The fraction of sp³-hybridized carbons (Fsp3) is 0.320. The van der Waals surface area contributed by atoms with Gasteiger partial charge in [-0.1, -0.05) is 23.5 Å². The first kappa shape index (κ1) is 21.8. The number of piperazine rings is 1. The van der Waals surface area contributed by atoms with Gasteiger partial charge in [-0.05, 0) is 31.0 Å². The van der Waals surface area contributed by atoms with Crippen molar-refractivity contribution in [1.82, 2.24) is 9.55 Å². The number of ether oxygens (including phenoxy) is 1. The summed E-state index contributed by atoms with van der Waals surface area (Å²) in [6.45, 7) is 2.42. The molecule has 1 aliphatic heterocycles. The molecule has 0 radical (unpaired) electrons. The van der Waals surface area contributed by atoms with Gasteiger partial charge in [0.2, 0.25) is 5.43 Å². The van der Waals surface area contributed by atoms with Crippen LogP contribution >= 0.6 is 11.3 Å². The predicted molar refractivity (Wildman–Crippen MR) is 134 cm³/mol. The SMILES string of the molecule is COc1c(N2CCN(c3nc4ccccc4s3)CC2)c(F)cc2c(=O)c(C(=O)O)cn(C3CC3)c12. The van der Waals surface area contributed by atoms with E-state index in [0.717, 1.165) is 28.2 Å². The lowest BCUT2D eigenvalue weighted by atomic mass is 10.1. The molecule has 0 spiro atoms. The second kappa shape index (κ2) is 8.23. The number of carboxylic acids is 1. The zero-order chi connectivity index (χ0) is 24.3. The van der Waals surface area contributed by atoms with Gasteiger partial charge in [0, 0.05) is 38.4 Å². The van der Waals surface area contributed by atoms with Crippen LogP contribution in [0.25, 0.3) is 21.1 Å². The maximum Gasteiger partial charge on any atom is 0.341 e. The van der Waals surface area contributed by atoms with Crippen LogP contribution in [0.4, 0.5) is 15.2 Å². The lowest BCUT2D eigenvalue weighted by Gasteiger charge is -2.37. The van der Waals surface area contributed by atoms with Crippen LogP contribution < -0.4 is 20.0 Å². The molecule has 1 N–H and O–H groups in total. The van der Waals surface area contributed by atoms with Gasteiger partial charge in [-0.3, -0.25) is 4.79 Å². The summed E-state index contributed by atoms with van der Waals surface area (Å²) in [5, 5.41) is 10.5. The Labute approximate surface area is 203 Å². The Hall–Kier alpha value is -3.66. The highest BCUT2D eigenvalue weighted by atomic mass is 32.1. The molecule has 2 aromatic carbocycles. The maximum absolute atomic E-state index is 15.5. The number of aromatic nitrogens is 2. The number of fused-ring (bicyclic) bond motifs is 2.